The first kappa shape index (κ1) is 19.8. The number of likely N-dealkylation sites (tertiary alicyclic amines) is 1. The van der Waals surface area contributed by atoms with Crippen molar-refractivity contribution in [3.63, 3.8) is 0 Å². The molecule has 1 unspecified atom stereocenters. The van der Waals surface area contributed by atoms with Crippen LogP contribution < -0.4 is 10.4 Å². The molecular formula is C21H30FN3O2. The number of hydrogen-bond acceptors (Lipinski definition) is 4. The fourth-order valence-corrected chi connectivity index (χ4v) is 4.17. The molecule has 2 aliphatic rings. The van der Waals surface area contributed by atoms with Gasteiger partial charge in [-0.25, -0.2) is 4.39 Å². The first-order valence-electron chi connectivity index (χ1n) is 9.94. The third kappa shape index (κ3) is 5.08. The van der Waals surface area contributed by atoms with Crippen LogP contribution in [0.2, 0.25) is 0 Å². The van der Waals surface area contributed by atoms with E-state index >= 15 is 0 Å². The number of amides is 1. The van der Waals surface area contributed by atoms with Crippen LogP contribution in [0.5, 0.6) is 0 Å². The van der Waals surface area contributed by atoms with Gasteiger partial charge in [-0.05, 0) is 63.3 Å². The summed E-state index contributed by atoms with van der Waals surface area (Å²) < 4.78 is 13.2. The van der Waals surface area contributed by atoms with E-state index in [1.54, 1.807) is 19.1 Å². The maximum Gasteiger partial charge on any atom is 0.224 e. The molecule has 27 heavy (non-hydrogen) atoms. The number of carbonyl (C=O) groups excluding carboxylic acids is 1. The Morgan fingerprint density at radius 1 is 1.26 bits per heavy atom. The van der Waals surface area contributed by atoms with Gasteiger partial charge < -0.3 is 4.90 Å². The van der Waals surface area contributed by atoms with Gasteiger partial charge in [0.2, 0.25) is 5.91 Å². The third-order valence-electron chi connectivity index (χ3n) is 5.56. The molecule has 1 saturated heterocycles. The van der Waals surface area contributed by atoms with Crippen LogP contribution >= 0.6 is 0 Å². The largest absolute Gasteiger partial charge is 0.310 e. The van der Waals surface area contributed by atoms with Gasteiger partial charge in [0.1, 0.15) is 5.82 Å². The minimum atomic E-state index is -0.277. The number of nitrogens with zero attached hydrogens (tertiary/aromatic N) is 2. The molecule has 1 fully saturated rings. The summed E-state index contributed by atoms with van der Waals surface area (Å²) in [6.45, 7) is 6.20. The fourth-order valence-electron chi connectivity index (χ4n) is 4.17. The quantitative estimate of drug-likeness (QED) is 0.772. The van der Waals surface area contributed by atoms with Gasteiger partial charge in [-0.15, -0.1) is 0 Å². The molecule has 1 aromatic carbocycles. The standard InChI is InChI=1S/C21H30FN3O2/c1-3-27-23-18-6-10-19(11-7-18)24-14-12-21(13-15-24)25(16(2)26)20-8-4-17(22)5-9-20/h4-6,8-9,19,21,23H,3,7,10-15H2,1-2H3. The Morgan fingerprint density at radius 3 is 2.52 bits per heavy atom. The smallest absolute Gasteiger partial charge is 0.224 e. The van der Waals surface area contributed by atoms with Crippen LogP contribution in [0.25, 0.3) is 0 Å². The second-order valence-corrected chi connectivity index (χ2v) is 7.33. The summed E-state index contributed by atoms with van der Waals surface area (Å²) in [4.78, 5) is 21.9. The summed E-state index contributed by atoms with van der Waals surface area (Å²) in [5.74, 6) is -0.257. The predicted octanol–water partition coefficient (Wildman–Crippen LogP) is 3.62. The molecule has 0 spiro atoms. The van der Waals surface area contributed by atoms with Crippen molar-refractivity contribution in [2.45, 2.75) is 58.0 Å². The Labute approximate surface area is 161 Å². The lowest BCUT2D eigenvalue weighted by Gasteiger charge is -2.42. The SMILES string of the molecule is CCONC1=CCC(N2CCC(N(C(C)=O)c3ccc(F)cc3)CC2)CC1. The molecule has 0 aromatic heterocycles. The van der Waals surface area contributed by atoms with Crippen molar-refractivity contribution in [1.29, 1.82) is 0 Å². The van der Waals surface area contributed by atoms with Crippen molar-refractivity contribution in [2.75, 3.05) is 24.6 Å². The number of piperidine rings is 1. The minimum Gasteiger partial charge on any atom is -0.310 e. The Morgan fingerprint density at radius 2 is 1.96 bits per heavy atom. The Balaban J connectivity index is 1.55. The molecule has 148 valence electrons. The van der Waals surface area contributed by atoms with Crippen molar-refractivity contribution >= 4 is 11.6 Å². The fraction of sp³-hybridized carbons (Fsp3) is 0.571. The van der Waals surface area contributed by atoms with Gasteiger partial charge in [-0.2, -0.15) is 0 Å². The van der Waals surface area contributed by atoms with Gasteiger partial charge in [-0.1, -0.05) is 6.08 Å². The molecule has 3 rings (SSSR count). The van der Waals surface area contributed by atoms with E-state index in [0.717, 1.165) is 50.9 Å². The molecule has 1 amide bonds. The number of carbonyl (C=O) groups is 1. The number of halogens is 1. The highest BCUT2D eigenvalue weighted by atomic mass is 19.1. The van der Waals surface area contributed by atoms with Crippen LogP contribution in [0.3, 0.4) is 0 Å². The number of benzene rings is 1. The highest BCUT2D eigenvalue weighted by Gasteiger charge is 2.30. The van der Waals surface area contributed by atoms with Crippen molar-refractivity contribution in [3.05, 3.63) is 41.9 Å². The van der Waals surface area contributed by atoms with E-state index in [1.165, 1.54) is 17.8 Å². The van der Waals surface area contributed by atoms with E-state index in [-0.39, 0.29) is 17.8 Å². The van der Waals surface area contributed by atoms with Crippen LogP contribution in [-0.2, 0) is 9.63 Å². The second kappa shape index (κ2) is 9.33. The zero-order valence-corrected chi connectivity index (χ0v) is 16.3. The molecule has 1 N–H and O–H groups in total. The molecule has 1 heterocycles. The first-order valence-corrected chi connectivity index (χ1v) is 9.94. The van der Waals surface area contributed by atoms with E-state index in [0.29, 0.717) is 12.6 Å². The molecule has 0 radical (unpaired) electrons. The molecule has 1 aliphatic heterocycles. The lowest BCUT2D eigenvalue weighted by Crippen LogP contribution is -2.50. The number of anilines is 1. The highest BCUT2D eigenvalue weighted by molar-refractivity contribution is 5.92. The zero-order chi connectivity index (χ0) is 19.2. The van der Waals surface area contributed by atoms with Crippen LogP contribution in [0.15, 0.2) is 36.0 Å². The summed E-state index contributed by atoms with van der Waals surface area (Å²) in [7, 11) is 0. The van der Waals surface area contributed by atoms with E-state index in [2.05, 4.69) is 16.5 Å². The molecule has 1 atom stereocenters. The van der Waals surface area contributed by atoms with E-state index in [4.69, 9.17) is 4.84 Å². The molecular weight excluding hydrogens is 345 g/mol. The average Bonchev–Trinajstić information content (AvgIpc) is 2.69. The van der Waals surface area contributed by atoms with Crippen molar-refractivity contribution in [3.8, 4) is 0 Å². The molecule has 1 aromatic rings. The number of hydrogen-bond donors (Lipinski definition) is 1. The summed E-state index contributed by atoms with van der Waals surface area (Å²) in [6, 6.07) is 6.98. The topological polar surface area (TPSA) is 44.8 Å². The number of nitrogens with one attached hydrogen (secondary N) is 1. The first-order chi connectivity index (χ1) is 13.1. The van der Waals surface area contributed by atoms with Crippen molar-refractivity contribution in [1.82, 2.24) is 10.4 Å². The number of rotatable bonds is 6. The summed E-state index contributed by atoms with van der Waals surface area (Å²) >= 11 is 0. The predicted molar refractivity (Wildman–Crippen MR) is 105 cm³/mol. The summed E-state index contributed by atoms with van der Waals surface area (Å²) in [5, 5.41) is 0. The van der Waals surface area contributed by atoms with E-state index in [1.807, 2.05) is 11.8 Å². The van der Waals surface area contributed by atoms with Gasteiger partial charge in [0.25, 0.3) is 0 Å². The monoisotopic (exact) mass is 375 g/mol. The van der Waals surface area contributed by atoms with Crippen molar-refractivity contribution in [2.24, 2.45) is 0 Å². The van der Waals surface area contributed by atoms with Gasteiger partial charge >= 0.3 is 0 Å². The Kier molecular flexibility index (Phi) is 6.85. The average molecular weight is 375 g/mol. The highest BCUT2D eigenvalue weighted by Crippen LogP contribution is 2.28. The van der Waals surface area contributed by atoms with Gasteiger partial charge in [0.15, 0.2) is 0 Å². The Bertz CT molecular complexity index is 654. The van der Waals surface area contributed by atoms with Gasteiger partial charge in [0.05, 0.1) is 6.61 Å². The maximum absolute atomic E-state index is 13.2. The second-order valence-electron chi connectivity index (χ2n) is 7.33. The molecule has 5 nitrogen and oxygen atoms in total. The van der Waals surface area contributed by atoms with Crippen LogP contribution in [0.1, 0.15) is 46.0 Å². The van der Waals surface area contributed by atoms with Gasteiger partial charge in [-0.3, -0.25) is 20.0 Å². The van der Waals surface area contributed by atoms with E-state index < -0.39 is 0 Å². The normalized spacial score (nSPS) is 21.6. The van der Waals surface area contributed by atoms with Gasteiger partial charge in [0, 0.05) is 43.5 Å². The van der Waals surface area contributed by atoms with E-state index in [9.17, 15) is 9.18 Å². The summed E-state index contributed by atoms with van der Waals surface area (Å²) in [6.07, 6.45) is 7.32. The number of hydroxylamine groups is 1. The molecule has 0 saturated carbocycles. The van der Waals surface area contributed by atoms with Crippen LogP contribution in [0, 0.1) is 5.82 Å². The number of allylic oxidation sites excluding steroid dienone is 1. The minimum absolute atomic E-state index is 0.0206. The molecule has 1 aliphatic carbocycles. The zero-order valence-electron chi connectivity index (χ0n) is 16.3. The van der Waals surface area contributed by atoms with Crippen molar-refractivity contribution < 1.29 is 14.0 Å². The lowest BCUT2D eigenvalue weighted by molar-refractivity contribution is -0.117. The summed E-state index contributed by atoms with van der Waals surface area (Å²) in [5.41, 5.74) is 4.99. The van der Waals surface area contributed by atoms with Crippen LogP contribution in [0.4, 0.5) is 10.1 Å². The molecule has 6 heteroatoms. The maximum atomic E-state index is 13.2. The third-order valence-corrected chi connectivity index (χ3v) is 5.56. The van der Waals surface area contributed by atoms with Crippen LogP contribution in [-0.4, -0.2) is 42.6 Å². The Hall–Kier alpha value is -1.92. The lowest BCUT2D eigenvalue weighted by atomic mass is 9.94. The molecule has 0 bridgehead atoms.